The average molecular weight is 360 g/mol. The van der Waals surface area contributed by atoms with Gasteiger partial charge in [0.15, 0.2) is 0 Å². The Hall–Kier alpha value is -3.60. The van der Waals surface area contributed by atoms with Crippen LogP contribution in [0.2, 0.25) is 0 Å². The molecule has 3 aromatic carbocycles. The summed E-state index contributed by atoms with van der Waals surface area (Å²) in [6, 6.07) is 21.2. The lowest BCUT2D eigenvalue weighted by Gasteiger charge is -2.09. The van der Waals surface area contributed by atoms with Crippen LogP contribution >= 0.6 is 0 Å². The number of carbonyl (C=O) groups is 2. The topological polar surface area (TPSA) is 81.4 Å². The van der Waals surface area contributed by atoms with E-state index in [-0.39, 0.29) is 5.91 Å². The molecule has 3 N–H and O–H groups in total. The zero-order valence-electron chi connectivity index (χ0n) is 14.9. The number of amides is 2. The SMILES string of the molecule is CCc1cccc(NC(=O)c2ccc(Oc3ccc(C(N)=O)cc3)cc2)c1. The highest BCUT2D eigenvalue weighted by Crippen LogP contribution is 2.22. The second kappa shape index (κ2) is 8.19. The lowest BCUT2D eigenvalue weighted by atomic mass is 10.1. The summed E-state index contributed by atoms with van der Waals surface area (Å²) in [5.74, 6) is 0.502. The van der Waals surface area contributed by atoms with Crippen molar-refractivity contribution in [2.45, 2.75) is 13.3 Å². The van der Waals surface area contributed by atoms with E-state index < -0.39 is 5.91 Å². The van der Waals surface area contributed by atoms with E-state index in [1.165, 1.54) is 5.56 Å². The Balaban J connectivity index is 1.65. The van der Waals surface area contributed by atoms with Crippen LogP contribution in [-0.4, -0.2) is 11.8 Å². The fourth-order valence-corrected chi connectivity index (χ4v) is 2.57. The smallest absolute Gasteiger partial charge is 0.255 e. The predicted octanol–water partition coefficient (Wildman–Crippen LogP) is 4.39. The molecule has 0 saturated heterocycles. The largest absolute Gasteiger partial charge is 0.457 e. The number of nitrogens with two attached hydrogens (primary N) is 1. The summed E-state index contributed by atoms with van der Waals surface area (Å²) in [7, 11) is 0. The first-order valence-electron chi connectivity index (χ1n) is 8.63. The van der Waals surface area contributed by atoms with Crippen LogP contribution in [-0.2, 0) is 6.42 Å². The van der Waals surface area contributed by atoms with Gasteiger partial charge in [-0.1, -0.05) is 19.1 Å². The summed E-state index contributed by atoms with van der Waals surface area (Å²) in [5.41, 5.74) is 8.11. The minimum Gasteiger partial charge on any atom is -0.457 e. The highest BCUT2D eigenvalue weighted by atomic mass is 16.5. The van der Waals surface area contributed by atoms with E-state index in [0.29, 0.717) is 22.6 Å². The monoisotopic (exact) mass is 360 g/mol. The Bertz CT molecular complexity index is 948. The fourth-order valence-electron chi connectivity index (χ4n) is 2.57. The molecule has 0 heterocycles. The van der Waals surface area contributed by atoms with Gasteiger partial charge in [0.25, 0.3) is 5.91 Å². The van der Waals surface area contributed by atoms with Crippen LogP contribution in [0.4, 0.5) is 5.69 Å². The van der Waals surface area contributed by atoms with Gasteiger partial charge in [-0.2, -0.15) is 0 Å². The van der Waals surface area contributed by atoms with Crippen molar-refractivity contribution in [1.82, 2.24) is 0 Å². The molecule has 0 saturated carbocycles. The Morgan fingerprint density at radius 3 is 2.04 bits per heavy atom. The Morgan fingerprint density at radius 2 is 1.48 bits per heavy atom. The molecule has 27 heavy (non-hydrogen) atoms. The Kier molecular flexibility index (Phi) is 5.52. The van der Waals surface area contributed by atoms with Gasteiger partial charge in [-0.05, 0) is 72.6 Å². The molecule has 5 nitrogen and oxygen atoms in total. The van der Waals surface area contributed by atoms with Gasteiger partial charge in [-0.25, -0.2) is 0 Å². The van der Waals surface area contributed by atoms with E-state index in [1.807, 2.05) is 24.3 Å². The number of primary amides is 1. The number of hydrogen-bond donors (Lipinski definition) is 2. The summed E-state index contributed by atoms with van der Waals surface area (Å²) in [5, 5.41) is 2.90. The number of hydrogen-bond acceptors (Lipinski definition) is 3. The third-order valence-corrected chi connectivity index (χ3v) is 4.08. The zero-order chi connectivity index (χ0) is 19.2. The standard InChI is InChI=1S/C22H20N2O3/c1-2-15-4-3-5-18(14-15)24-22(26)17-8-12-20(13-9-17)27-19-10-6-16(7-11-19)21(23)25/h3-14H,2H2,1H3,(H2,23,25)(H,24,26). The highest BCUT2D eigenvalue weighted by molar-refractivity contribution is 6.04. The molecule has 0 atom stereocenters. The van der Waals surface area contributed by atoms with Crippen LogP contribution in [0.15, 0.2) is 72.8 Å². The van der Waals surface area contributed by atoms with E-state index in [2.05, 4.69) is 12.2 Å². The Morgan fingerprint density at radius 1 is 0.889 bits per heavy atom. The normalized spacial score (nSPS) is 10.3. The molecule has 3 aromatic rings. The van der Waals surface area contributed by atoms with Crippen molar-refractivity contribution < 1.29 is 14.3 Å². The lowest BCUT2D eigenvalue weighted by molar-refractivity contribution is 0.0997. The molecule has 0 fully saturated rings. The van der Waals surface area contributed by atoms with Crippen LogP contribution in [0.5, 0.6) is 11.5 Å². The van der Waals surface area contributed by atoms with Gasteiger partial charge in [0.2, 0.25) is 5.91 Å². The van der Waals surface area contributed by atoms with Crippen LogP contribution in [0.1, 0.15) is 33.2 Å². The summed E-state index contributed by atoms with van der Waals surface area (Å²) in [4.78, 5) is 23.5. The first kappa shape index (κ1) is 18.2. The minimum atomic E-state index is -0.485. The van der Waals surface area contributed by atoms with Gasteiger partial charge >= 0.3 is 0 Å². The Labute approximate surface area is 157 Å². The fraction of sp³-hybridized carbons (Fsp3) is 0.0909. The van der Waals surface area contributed by atoms with Crippen molar-refractivity contribution >= 4 is 17.5 Å². The minimum absolute atomic E-state index is 0.180. The molecule has 0 bridgehead atoms. The van der Waals surface area contributed by atoms with E-state index in [1.54, 1.807) is 48.5 Å². The number of anilines is 1. The zero-order valence-corrected chi connectivity index (χ0v) is 14.9. The molecule has 5 heteroatoms. The second-order valence-electron chi connectivity index (χ2n) is 6.02. The maximum absolute atomic E-state index is 12.4. The van der Waals surface area contributed by atoms with Crippen molar-refractivity contribution in [3.05, 3.63) is 89.5 Å². The molecule has 3 rings (SSSR count). The number of ether oxygens (including phenoxy) is 1. The molecule has 0 aliphatic heterocycles. The number of carbonyl (C=O) groups excluding carboxylic acids is 2. The molecule has 0 aliphatic carbocycles. The summed E-state index contributed by atoms with van der Waals surface area (Å²) < 4.78 is 5.71. The third-order valence-electron chi connectivity index (χ3n) is 4.08. The molecular formula is C22H20N2O3. The summed E-state index contributed by atoms with van der Waals surface area (Å²) >= 11 is 0. The molecule has 136 valence electrons. The highest BCUT2D eigenvalue weighted by Gasteiger charge is 2.07. The first-order valence-corrected chi connectivity index (χ1v) is 8.63. The first-order chi connectivity index (χ1) is 13.0. The van der Waals surface area contributed by atoms with E-state index in [0.717, 1.165) is 12.1 Å². The number of rotatable bonds is 6. The van der Waals surface area contributed by atoms with E-state index in [9.17, 15) is 9.59 Å². The number of benzene rings is 3. The van der Waals surface area contributed by atoms with Gasteiger partial charge in [0.1, 0.15) is 11.5 Å². The van der Waals surface area contributed by atoms with Crippen molar-refractivity contribution in [3.63, 3.8) is 0 Å². The van der Waals surface area contributed by atoms with Crippen molar-refractivity contribution in [1.29, 1.82) is 0 Å². The van der Waals surface area contributed by atoms with Crippen LogP contribution < -0.4 is 15.8 Å². The quantitative estimate of drug-likeness (QED) is 0.684. The maximum Gasteiger partial charge on any atom is 0.255 e. The molecule has 0 spiro atoms. The van der Waals surface area contributed by atoms with Crippen molar-refractivity contribution in [2.75, 3.05) is 5.32 Å². The molecule has 2 amide bonds. The molecule has 0 radical (unpaired) electrons. The predicted molar refractivity (Wildman–Crippen MR) is 105 cm³/mol. The van der Waals surface area contributed by atoms with Crippen LogP contribution in [0, 0.1) is 0 Å². The lowest BCUT2D eigenvalue weighted by Crippen LogP contribution is -2.11. The van der Waals surface area contributed by atoms with Gasteiger partial charge in [-0.15, -0.1) is 0 Å². The van der Waals surface area contributed by atoms with Crippen LogP contribution in [0.25, 0.3) is 0 Å². The molecule has 0 aromatic heterocycles. The van der Waals surface area contributed by atoms with Gasteiger partial charge in [0.05, 0.1) is 0 Å². The average Bonchev–Trinajstić information content (AvgIpc) is 2.69. The summed E-state index contributed by atoms with van der Waals surface area (Å²) in [6.07, 6.45) is 0.913. The molecule has 0 unspecified atom stereocenters. The number of aryl methyl sites for hydroxylation is 1. The van der Waals surface area contributed by atoms with Gasteiger partial charge < -0.3 is 15.8 Å². The van der Waals surface area contributed by atoms with Crippen molar-refractivity contribution in [2.24, 2.45) is 5.73 Å². The second-order valence-corrected chi connectivity index (χ2v) is 6.02. The van der Waals surface area contributed by atoms with Crippen LogP contribution in [0.3, 0.4) is 0 Å². The maximum atomic E-state index is 12.4. The molecular weight excluding hydrogens is 340 g/mol. The number of nitrogens with one attached hydrogen (secondary N) is 1. The molecule has 0 aliphatic rings. The van der Waals surface area contributed by atoms with Gasteiger partial charge in [0, 0.05) is 16.8 Å². The third kappa shape index (κ3) is 4.73. The summed E-state index contributed by atoms with van der Waals surface area (Å²) in [6.45, 7) is 2.07. The van der Waals surface area contributed by atoms with Crippen molar-refractivity contribution in [3.8, 4) is 11.5 Å². The van der Waals surface area contributed by atoms with E-state index in [4.69, 9.17) is 10.5 Å². The van der Waals surface area contributed by atoms with Gasteiger partial charge in [-0.3, -0.25) is 9.59 Å². The van der Waals surface area contributed by atoms with E-state index >= 15 is 0 Å².